The second-order valence-electron chi connectivity index (χ2n) is 5.77. The Balaban J connectivity index is 0.00000280. The molecule has 0 spiro atoms. The zero-order valence-electron chi connectivity index (χ0n) is 14.7. The predicted molar refractivity (Wildman–Crippen MR) is 99.4 cm³/mol. The number of hydrogen-bond acceptors (Lipinski definition) is 3. The van der Waals surface area contributed by atoms with Gasteiger partial charge in [0.05, 0.1) is 22.7 Å². The number of halogens is 3. The third-order valence-electron chi connectivity index (χ3n) is 3.93. The van der Waals surface area contributed by atoms with Crippen LogP contribution in [0.15, 0.2) is 42.6 Å². The minimum Gasteiger partial charge on any atom is -0.548 e. The minimum atomic E-state index is -1.50. The van der Waals surface area contributed by atoms with Crippen molar-refractivity contribution in [3.63, 3.8) is 0 Å². The topological polar surface area (TPSA) is 97.1 Å². The van der Waals surface area contributed by atoms with E-state index in [-0.39, 0.29) is 73.9 Å². The fourth-order valence-electron chi connectivity index (χ4n) is 2.69. The first kappa shape index (κ1) is 23.1. The average Bonchev–Trinajstić information content (AvgIpc) is 3.01. The van der Waals surface area contributed by atoms with E-state index in [9.17, 15) is 19.1 Å². The summed E-state index contributed by atoms with van der Waals surface area (Å²) in [5.74, 6) is -1.99. The molecule has 28 heavy (non-hydrogen) atoms. The monoisotopic (exact) mass is 447 g/mol. The summed E-state index contributed by atoms with van der Waals surface area (Å²) in [4.78, 5) is 26.4. The van der Waals surface area contributed by atoms with E-state index in [0.29, 0.717) is 16.1 Å². The number of aliphatic carboxylic acids is 1. The molecule has 1 atom stereocenters. The van der Waals surface area contributed by atoms with E-state index in [1.54, 1.807) is 6.07 Å². The molecule has 0 bridgehead atoms. The molecule has 3 N–H and O–H groups in total. The van der Waals surface area contributed by atoms with Crippen LogP contribution in [-0.4, -0.2) is 23.0 Å². The van der Waals surface area contributed by atoms with Crippen molar-refractivity contribution in [1.29, 1.82) is 0 Å². The molecule has 3 rings (SSSR count). The standard InChI is InChI=1S/C18H14Cl2FN3O3.K/c19-10-4-5-13(11(20)7-10)23-18(27)24-15(17(25)26)6-9-8-22-14-3-1-2-12(21)16(9)14;/h1-5,7-8,15,22H,6H2,(H,25,26)(H2,23,24,27);/q;+1/p-1. The Morgan fingerprint density at radius 3 is 2.64 bits per heavy atom. The predicted octanol–water partition coefficient (Wildman–Crippen LogP) is 0.100. The van der Waals surface area contributed by atoms with E-state index < -0.39 is 23.9 Å². The third kappa shape index (κ3) is 5.47. The Bertz CT molecular complexity index is 1030. The number of rotatable bonds is 5. The number of carbonyl (C=O) groups excluding carboxylic acids is 2. The van der Waals surface area contributed by atoms with Gasteiger partial charge in [0, 0.05) is 28.5 Å². The van der Waals surface area contributed by atoms with Crippen molar-refractivity contribution in [3.05, 3.63) is 64.0 Å². The molecule has 0 saturated heterocycles. The van der Waals surface area contributed by atoms with Gasteiger partial charge in [-0.1, -0.05) is 29.3 Å². The molecule has 140 valence electrons. The molecule has 2 aromatic carbocycles. The summed E-state index contributed by atoms with van der Waals surface area (Å²) >= 11 is 11.8. The van der Waals surface area contributed by atoms with Gasteiger partial charge in [-0.25, -0.2) is 9.18 Å². The smallest absolute Gasteiger partial charge is 0.548 e. The number of benzene rings is 2. The van der Waals surface area contributed by atoms with E-state index >= 15 is 0 Å². The van der Waals surface area contributed by atoms with E-state index in [1.807, 2.05) is 0 Å². The Hall–Kier alpha value is -1.13. The summed E-state index contributed by atoms with van der Waals surface area (Å²) in [7, 11) is 0. The van der Waals surface area contributed by atoms with E-state index in [4.69, 9.17) is 23.2 Å². The van der Waals surface area contributed by atoms with Crippen LogP contribution in [0.3, 0.4) is 0 Å². The number of carboxylic acids is 1. The molecule has 0 saturated carbocycles. The fraction of sp³-hybridized carbons (Fsp3) is 0.111. The molecule has 0 aliphatic carbocycles. The van der Waals surface area contributed by atoms with Gasteiger partial charge in [-0.05, 0) is 35.9 Å². The summed E-state index contributed by atoms with van der Waals surface area (Å²) < 4.78 is 14.1. The minimum absolute atomic E-state index is 0. The Labute approximate surface area is 212 Å². The molecule has 6 nitrogen and oxygen atoms in total. The normalized spacial score (nSPS) is 11.5. The van der Waals surface area contributed by atoms with Gasteiger partial charge in [-0.15, -0.1) is 0 Å². The van der Waals surface area contributed by atoms with Crippen molar-refractivity contribution >= 4 is 51.8 Å². The first-order valence-corrected chi connectivity index (χ1v) is 8.58. The number of carbonyl (C=O) groups is 2. The van der Waals surface area contributed by atoms with Crippen LogP contribution in [0.1, 0.15) is 5.56 Å². The summed E-state index contributed by atoms with van der Waals surface area (Å²) in [6.07, 6.45) is 1.34. The van der Waals surface area contributed by atoms with Gasteiger partial charge in [0.15, 0.2) is 0 Å². The van der Waals surface area contributed by atoms with Crippen LogP contribution in [-0.2, 0) is 11.2 Å². The maximum Gasteiger partial charge on any atom is 1.00 e. The van der Waals surface area contributed by atoms with Gasteiger partial charge >= 0.3 is 57.4 Å². The van der Waals surface area contributed by atoms with Gasteiger partial charge in [0.25, 0.3) is 0 Å². The average molecular weight is 448 g/mol. The first-order valence-electron chi connectivity index (χ1n) is 7.83. The van der Waals surface area contributed by atoms with Crippen LogP contribution in [0.2, 0.25) is 10.0 Å². The molecule has 1 unspecified atom stereocenters. The molecule has 1 heterocycles. The molecule has 10 heteroatoms. The second-order valence-corrected chi connectivity index (χ2v) is 6.62. The summed E-state index contributed by atoms with van der Waals surface area (Å²) in [5, 5.41) is 17.0. The van der Waals surface area contributed by atoms with Crippen LogP contribution in [0.5, 0.6) is 0 Å². The molecular weight excluding hydrogens is 435 g/mol. The van der Waals surface area contributed by atoms with E-state index in [1.165, 1.54) is 36.5 Å². The number of nitrogens with one attached hydrogen (secondary N) is 3. The zero-order valence-corrected chi connectivity index (χ0v) is 19.3. The van der Waals surface area contributed by atoms with Crippen LogP contribution >= 0.6 is 23.2 Å². The number of aromatic nitrogens is 1. The molecule has 2 amide bonds. The van der Waals surface area contributed by atoms with Crippen LogP contribution < -0.4 is 67.1 Å². The molecular formula is C18H13Cl2FKN3O3. The largest absolute Gasteiger partial charge is 1.00 e. The van der Waals surface area contributed by atoms with Crippen LogP contribution in [0, 0.1) is 5.82 Å². The Morgan fingerprint density at radius 1 is 1.21 bits per heavy atom. The number of H-pyrrole nitrogens is 1. The number of hydrogen-bond donors (Lipinski definition) is 3. The Morgan fingerprint density at radius 2 is 1.96 bits per heavy atom. The molecule has 1 aromatic heterocycles. The molecule has 0 aliphatic rings. The number of amides is 2. The molecule has 0 aliphatic heterocycles. The number of aromatic amines is 1. The van der Waals surface area contributed by atoms with Crippen LogP contribution in [0.25, 0.3) is 10.9 Å². The van der Waals surface area contributed by atoms with Gasteiger partial charge < -0.3 is 25.5 Å². The summed E-state index contributed by atoms with van der Waals surface area (Å²) in [6, 6.07) is 6.74. The molecule has 3 aromatic rings. The number of anilines is 1. The maximum atomic E-state index is 14.1. The maximum absolute atomic E-state index is 14.1. The van der Waals surface area contributed by atoms with E-state index in [2.05, 4.69) is 15.6 Å². The SMILES string of the molecule is O=C(Nc1ccc(Cl)cc1Cl)NC(Cc1c[nH]c2cccc(F)c12)C(=O)[O-].[K+]. The van der Waals surface area contributed by atoms with Crippen molar-refractivity contribution in [1.82, 2.24) is 10.3 Å². The van der Waals surface area contributed by atoms with Gasteiger partial charge in [-0.3, -0.25) is 0 Å². The Kier molecular flexibility index (Phi) is 8.32. The van der Waals surface area contributed by atoms with Gasteiger partial charge in [0.1, 0.15) is 5.82 Å². The number of carboxylic acid groups (broad SMARTS) is 1. The first-order chi connectivity index (χ1) is 12.8. The van der Waals surface area contributed by atoms with E-state index in [0.717, 1.165) is 0 Å². The summed E-state index contributed by atoms with van der Waals surface area (Å²) in [6.45, 7) is 0. The van der Waals surface area contributed by atoms with Gasteiger partial charge in [-0.2, -0.15) is 0 Å². The molecule has 0 radical (unpaired) electrons. The fourth-order valence-corrected chi connectivity index (χ4v) is 3.15. The number of urea groups is 1. The van der Waals surface area contributed by atoms with Crippen molar-refractivity contribution in [3.8, 4) is 0 Å². The van der Waals surface area contributed by atoms with Crippen molar-refractivity contribution in [2.75, 3.05) is 5.32 Å². The van der Waals surface area contributed by atoms with Crippen molar-refractivity contribution < 1.29 is 70.5 Å². The van der Waals surface area contributed by atoms with Crippen LogP contribution in [0.4, 0.5) is 14.9 Å². The quantitative estimate of drug-likeness (QED) is 0.483. The second kappa shape index (κ2) is 10.1. The number of fused-ring (bicyclic) bond motifs is 1. The third-order valence-corrected chi connectivity index (χ3v) is 4.48. The summed E-state index contributed by atoms with van der Waals surface area (Å²) in [5.41, 5.74) is 1.19. The van der Waals surface area contributed by atoms with Gasteiger partial charge in [0.2, 0.25) is 0 Å². The van der Waals surface area contributed by atoms with Crippen molar-refractivity contribution in [2.45, 2.75) is 12.5 Å². The van der Waals surface area contributed by atoms with Crippen molar-refractivity contribution in [2.24, 2.45) is 0 Å². The molecule has 0 fully saturated rings. The zero-order chi connectivity index (χ0) is 19.6.